The topological polar surface area (TPSA) is 98.7 Å². The number of para-hydroxylation sites is 2. The van der Waals surface area contributed by atoms with Gasteiger partial charge in [0.25, 0.3) is 11.5 Å². The maximum Gasteiger partial charge on any atom is 0.282 e. The minimum Gasteiger partial charge on any atom is -0.483 e. The molecule has 2 aromatic heterocycles. The highest BCUT2D eigenvalue weighted by Gasteiger charge is 2.17. The van der Waals surface area contributed by atoms with E-state index in [0.29, 0.717) is 28.0 Å². The predicted octanol–water partition coefficient (Wildman–Crippen LogP) is 7.38. The van der Waals surface area contributed by atoms with E-state index in [1.807, 2.05) is 67.6 Å². The Balaban J connectivity index is 1.27. The summed E-state index contributed by atoms with van der Waals surface area (Å²) in [6.45, 7) is 1.80. The van der Waals surface area contributed by atoms with Gasteiger partial charge in [0.2, 0.25) is 5.82 Å². The molecule has 0 aliphatic heterocycles. The number of aryl methyl sites for hydroxylation is 1. The van der Waals surface area contributed by atoms with Gasteiger partial charge in [0.1, 0.15) is 11.3 Å². The fourth-order valence-electron chi connectivity index (χ4n) is 4.40. The van der Waals surface area contributed by atoms with Crippen LogP contribution in [0.4, 0.5) is 5.69 Å². The summed E-state index contributed by atoms with van der Waals surface area (Å²) in [4.78, 5) is 30.7. The third-order valence-electron chi connectivity index (χ3n) is 6.51. The molecule has 2 heterocycles. The van der Waals surface area contributed by atoms with E-state index < -0.39 is 0 Å². The molecule has 0 atom stereocenters. The summed E-state index contributed by atoms with van der Waals surface area (Å²) in [6, 6.07) is 27.7. The number of fused-ring (bicyclic) bond motifs is 2. The normalized spacial score (nSPS) is 11.4. The van der Waals surface area contributed by atoms with E-state index in [1.54, 1.807) is 36.5 Å². The Hall–Kier alpha value is -4.29. The molecule has 0 spiro atoms. The van der Waals surface area contributed by atoms with Crippen molar-refractivity contribution in [2.75, 3.05) is 11.9 Å². The number of halogens is 2. The SMILES string of the molecule is Cc1ccccc1NC(=O)COc1ccc(C=Nn2c(-c3cc4cc(Br)ccc4o3)nc3ccccc3c2=O)cc1I. The van der Waals surface area contributed by atoms with Crippen molar-refractivity contribution in [3.8, 4) is 17.3 Å². The molecule has 8 nitrogen and oxygen atoms in total. The number of anilines is 1. The van der Waals surface area contributed by atoms with Crippen molar-refractivity contribution in [2.45, 2.75) is 6.92 Å². The minimum atomic E-state index is -0.317. The van der Waals surface area contributed by atoms with Crippen molar-refractivity contribution < 1.29 is 13.9 Å². The van der Waals surface area contributed by atoms with Crippen molar-refractivity contribution >= 4 is 78.2 Å². The molecule has 208 valence electrons. The van der Waals surface area contributed by atoms with Gasteiger partial charge in [-0.15, -0.1) is 0 Å². The number of ether oxygens (including phenoxy) is 1. The molecule has 1 amide bonds. The zero-order valence-corrected chi connectivity index (χ0v) is 25.9. The fraction of sp³-hybridized carbons (Fsp3) is 0.0625. The number of furan rings is 1. The van der Waals surface area contributed by atoms with E-state index in [2.05, 4.69) is 48.9 Å². The Labute approximate surface area is 262 Å². The second kappa shape index (κ2) is 11.9. The molecule has 0 aliphatic rings. The summed E-state index contributed by atoms with van der Waals surface area (Å²) in [5, 5.41) is 8.71. The number of amides is 1. The molecule has 0 fully saturated rings. The molecule has 1 N–H and O–H groups in total. The molecule has 0 saturated heterocycles. The highest BCUT2D eigenvalue weighted by molar-refractivity contribution is 14.1. The van der Waals surface area contributed by atoms with Crippen LogP contribution in [0.1, 0.15) is 11.1 Å². The maximum atomic E-state index is 13.5. The van der Waals surface area contributed by atoms with E-state index in [-0.39, 0.29) is 23.9 Å². The van der Waals surface area contributed by atoms with Crippen molar-refractivity contribution in [2.24, 2.45) is 5.10 Å². The van der Waals surface area contributed by atoms with Gasteiger partial charge >= 0.3 is 0 Å². The Morgan fingerprint density at radius 2 is 1.88 bits per heavy atom. The van der Waals surface area contributed by atoms with Crippen LogP contribution in [0.25, 0.3) is 33.5 Å². The monoisotopic (exact) mass is 732 g/mol. The molecule has 4 aromatic carbocycles. The Kier molecular flexibility index (Phi) is 7.90. The minimum absolute atomic E-state index is 0.132. The van der Waals surface area contributed by atoms with E-state index in [9.17, 15) is 9.59 Å². The summed E-state index contributed by atoms with van der Waals surface area (Å²) < 4.78 is 14.8. The van der Waals surface area contributed by atoms with Crippen molar-refractivity contribution in [1.82, 2.24) is 9.66 Å². The quantitative estimate of drug-likeness (QED) is 0.136. The highest BCUT2D eigenvalue weighted by Crippen LogP contribution is 2.29. The molecule has 42 heavy (non-hydrogen) atoms. The lowest BCUT2D eigenvalue weighted by Gasteiger charge is -2.11. The van der Waals surface area contributed by atoms with Crippen molar-refractivity contribution in [1.29, 1.82) is 0 Å². The van der Waals surface area contributed by atoms with Crippen LogP contribution in [0, 0.1) is 10.5 Å². The number of aromatic nitrogens is 2. The third kappa shape index (κ3) is 5.86. The number of benzene rings is 4. The summed E-state index contributed by atoms with van der Waals surface area (Å²) >= 11 is 5.63. The first-order valence-corrected chi connectivity index (χ1v) is 14.8. The Morgan fingerprint density at radius 3 is 2.71 bits per heavy atom. The summed E-state index contributed by atoms with van der Waals surface area (Å²) in [5.74, 6) is 1.02. The van der Waals surface area contributed by atoms with Crippen LogP contribution < -0.4 is 15.6 Å². The molecule has 0 radical (unpaired) electrons. The van der Waals surface area contributed by atoms with Gasteiger partial charge in [0, 0.05) is 15.5 Å². The molecule has 0 saturated carbocycles. The number of hydrogen-bond acceptors (Lipinski definition) is 6. The van der Waals surface area contributed by atoms with Gasteiger partial charge in [-0.25, -0.2) is 4.98 Å². The van der Waals surface area contributed by atoms with Gasteiger partial charge in [-0.2, -0.15) is 9.78 Å². The first-order chi connectivity index (χ1) is 20.4. The standard InChI is InChI=1S/C32H22BrIN4O4/c1-19-6-2-4-8-25(19)36-30(39)18-41-28-12-10-20(14-24(28)34)17-35-38-31(37-26-9-5-3-7-23(26)32(38)40)29-16-21-15-22(33)11-13-27(21)42-29/h2-17H,18H2,1H3,(H,36,39). The lowest BCUT2D eigenvalue weighted by atomic mass is 10.2. The first-order valence-electron chi connectivity index (χ1n) is 12.9. The van der Waals surface area contributed by atoms with E-state index >= 15 is 0 Å². The highest BCUT2D eigenvalue weighted by atomic mass is 127. The smallest absolute Gasteiger partial charge is 0.282 e. The number of nitrogens with zero attached hydrogens (tertiary/aromatic N) is 3. The number of rotatable bonds is 7. The van der Waals surface area contributed by atoms with Crippen LogP contribution >= 0.6 is 38.5 Å². The fourth-order valence-corrected chi connectivity index (χ4v) is 5.47. The lowest BCUT2D eigenvalue weighted by Crippen LogP contribution is -2.21. The molecule has 0 unspecified atom stereocenters. The molecule has 0 bridgehead atoms. The van der Waals surface area contributed by atoms with Crippen molar-refractivity contribution in [3.05, 3.63) is 121 Å². The van der Waals surface area contributed by atoms with Gasteiger partial charge in [-0.3, -0.25) is 9.59 Å². The van der Waals surface area contributed by atoms with Crippen LogP contribution in [0.3, 0.4) is 0 Å². The number of carbonyl (C=O) groups excluding carboxylic acids is 1. The molecule has 10 heteroatoms. The maximum absolute atomic E-state index is 13.5. The number of carbonyl (C=O) groups is 1. The van der Waals surface area contributed by atoms with Crippen molar-refractivity contribution in [3.63, 3.8) is 0 Å². The van der Waals surface area contributed by atoms with Gasteiger partial charge in [-0.05, 0) is 101 Å². The van der Waals surface area contributed by atoms with Gasteiger partial charge in [0.05, 0.1) is 20.7 Å². The second-order valence-corrected chi connectivity index (χ2v) is 11.5. The molecule has 6 rings (SSSR count). The molecular weight excluding hydrogens is 711 g/mol. The molecule has 0 aliphatic carbocycles. The van der Waals surface area contributed by atoms with E-state index in [4.69, 9.17) is 14.1 Å². The average Bonchev–Trinajstić information content (AvgIpc) is 3.40. The lowest BCUT2D eigenvalue weighted by molar-refractivity contribution is -0.118. The summed E-state index contributed by atoms with van der Waals surface area (Å²) in [5.41, 5.74) is 3.36. The van der Waals surface area contributed by atoms with Crippen LogP contribution in [-0.2, 0) is 4.79 Å². The zero-order valence-electron chi connectivity index (χ0n) is 22.2. The third-order valence-corrected chi connectivity index (χ3v) is 7.84. The van der Waals surface area contributed by atoms with Gasteiger partial charge < -0.3 is 14.5 Å². The summed E-state index contributed by atoms with van der Waals surface area (Å²) in [6.07, 6.45) is 1.58. The zero-order chi connectivity index (χ0) is 29.2. The number of nitrogens with one attached hydrogen (secondary N) is 1. The van der Waals surface area contributed by atoms with Crippen LogP contribution in [0.2, 0.25) is 0 Å². The van der Waals surface area contributed by atoms with Crippen LogP contribution in [0.5, 0.6) is 5.75 Å². The molecule has 6 aromatic rings. The molecular formula is C32H22BrIN4O4. The van der Waals surface area contributed by atoms with Crippen LogP contribution in [0.15, 0.2) is 110 Å². The second-order valence-electron chi connectivity index (χ2n) is 9.45. The Bertz CT molecular complexity index is 2070. The van der Waals surface area contributed by atoms with E-state index in [0.717, 1.165) is 30.2 Å². The van der Waals surface area contributed by atoms with E-state index in [1.165, 1.54) is 4.68 Å². The summed E-state index contributed by atoms with van der Waals surface area (Å²) in [7, 11) is 0. The number of hydrogen-bond donors (Lipinski definition) is 1. The average molecular weight is 733 g/mol. The predicted molar refractivity (Wildman–Crippen MR) is 176 cm³/mol. The van der Waals surface area contributed by atoms with Gasteiger partial charge in [-0.1, -0.05) is 46.3 Å². The Morgan fingerprint density at radius 1 is 1.07 bits per heavy atom. The first kappa shape index (κ1) is 27.9. The largest absolute Gasteiger partial charge is 0.483 e. The van der Waals surface area contributed by atoms with Gasteiger partial charge in [0.15, 0.2) is 12.4 Å². The van der Waals surface area contributed by atoms with Crippen LogP contribution in [-0.4, -0.2) is 28.4 Å².